The molecule has 8 nitrogen and oxygen atoms in total. The second-order valence-electron chi connectivity index (χ2n) is 6.96. The highest BCUT2D eigenvalue weighted by Crippen LogP contribution is 2.33. The quantitative estimate of drug-likeness (QED) is 0.494. The molecule has 1 aliphatic heterocycles. The Morgan fingerprint density at radius 3 is 2.88 bits per heavy atom. The summed E-state index contributed by atoms with van der Waals surface area (Å²) in [5.41, 5.74) is -0.271. The molecule has 2 aromatic heterocycles. The highest BCUT2D eigenvalue weighted by molar-refractivity contribution is 8.13. The molecule has 0 saturated carbocycles. The van der Waals surface area contributed by atoms with Crippen LogP contribution in [-0.2, 0) is 5.92 Å². The van der Waals surface area contributed by atoms with E-state index in [2.05, 4.69) is 20.6 Å². The predicted molar refractivity (Wildman–Crippen MR) is 115 cm³/mol. The number of aliphatic hydroxyl groups excluding tert-OH is 1. The monoisotopic (exact) mass is 459 g/mol. The van der Waals surface area contributed by atoms with Crippen LogP contribution in [0.3, 0.4) is 0 Å². The number of aromatic nitrogens is 4. The van der Waals surface area contributed by atoms with Gasteiger partial charge in [0.1, 0.15) is 11.9 Å². The van der Waals surface area contributed by atoms with Gasteiger partial charge in [0.15, 0.2) is 5.76 Å². The minimum absolute atomic E-state index is 0.166. The molecule has 2 atom stereocenters. The van der Waals surface area contributed by atoms with Gasteiger partial charge in [-0.3, -0.25) is 4.79 Å². The van der Waals surface area contributed by atoms with Crippen molar-refractivity contribution in [2.24, 2.45) is 0 Å². The number of aromatic amines is 1. The lowest BCUT2D eigenvalue weighted by atomic mass is 10.0. The number of carbonyl (C=O) groups excluding carboxylic acids is 1. The number of alkyl halides is 2. The molecule has 0 radical (unpaired) electrons. The number of hydrogen-bond acceptors (Lipinski definition) is 7. The Morgan fingerprint density at radius 1 is 1.31 bits per heavy atom. The number of aliphatic hydroxyl groups is 1. The topological polar surface area (TPSA) is 108 Å². The van der Waals surface area contributed by atoms with Crippen molar-refractivity contribution in [2.75, 3.05) is 12.3 Å². The summed E-state index contributed by atoms with van der Waals surface area (Å²) in [5, 5.41) is 23.4. The number of carbonyl (C=O) groups is 1. The molecule has 0 aliphatic carbocycles. The summed E-state index contributed by atoms with van der Waals surface area (Å²) in [5.74, 6) is -1.72. The third-order valence-corrected chi connectivity index (χ3v) is 5.82. The highest BCUT2D eigenvalue weighted by atomic mass is 32.2. The molecule has 1 aromatic carbocycles. The lowest BCUT2D eigenvalue weighted by Crippen LogP contribution is -2.33. The van der Waals surface area contributed by atoms with E-state index in [0.29, 0.717) is 23.1 Å². The Labute approximate surface area is 186 Å². The first-order chi connectivity index (χ1) is 15.4. The van der Waals surface area contributed by atoms with Gasteiger partial charge >= 0.3 is 5.92 Å². The lowest BCUT2D eigenvalue weighted by molar-refractivity contribution is -0.0929. The van der Waals surface area contributed by atoms with E-state index in [1.54, 1.807) is 30.4 Å². The van der Waals surface area contributed by atoms with Crippen LogP contribution in [0.2, 0.25) is 0 Å². The van der Waals surface area contributed by atoms with Crippen LogP contribution >= 0.6 is 11.8 Å². The highest BCUT2D eigenvalue weighted by Gasteiger charge is 2.39. The number of tetrazole rings is 1. The lowest BCUT2D eigenvalue weighted by Gasteiger charge is -2.22. The zero-order valence-corrected chi connectivity index (χ0v) is 17.5. The van der Waals surface area contributed by atoms with Gasteiger partial charge in [-0.2, -0.15) is 14.0 Å². The molecule has 32 heavy (non-hydrogen) atoms. The fourth-order valence-electron chi connectivity index (χ4n) is 3.13. The summed E-state index contributed by atoms with van der Waals surface area (Å²) in [4.78, 5) is 13.7. The molecule has 1 fully saturated rings. The molecule has 11 heteroatoms. The predicted octanol–water partition coefficient (Wildman–Crippen LogP) is 3.72. The molecule has 166 valence electrons. The third kappa shape index (κ3) is 4.78. The second kappa shape index (κ2) is 9.45. The van der Waals surface area contributed by atoms with Crippen LogP contribution in [0.15, 0.2) is 65.1 Å². The minimum Gasteiger partial charge on any atom is -0.453 e. The first kappa shape index (κ1) is 21.9. The molecule has 1 aliphatic rings. The zero-order chi connectivity index (χ0) is 22.6. The standard InChI is InChI=1S/C21H19F2N5O3S/c22-21(23,14-5-2-1-3-6-14)18(29)11-8-15-13-32-20(30)28(15)12-4-7-16-9-10-17(31-16)19-24-26-27-25-19/h1-11,15,18,29H,12-13H2,(H,24,25,26,27)/b7-4-,11-8+. The molecule has 0 bridgehead atoms. The fourth-order valence-corrected chi connectivity index (χ4v) is 4.11. The Bertz CT molecular complexity index is 1100. The average Bonchev–Trinajstić information content (AvgIpc) is 3.55. The first-order valence-electron chi connectivity index (χ1n) is 9.68. The Hall–Kier alpha value is -3.31. The van der Waals surface area contributed by atoms with Gasteiger partial charge in [0.05, 0.1) is 6.04 Å². The van der Waals surface area contributed by atoms with Gasteiger partial charge in [-0.15, -0.1) is 10.2 Å². The maximum Gasteiger partial charge on any atom is 0.302 e. The van der Waals surface area contributed by atoms with E-state index in [9.17, 15) is 18.7 Å². The summed E-state index contributed by atoms with van der Waals surface area (Å²) >= 11 is 1.10. The third-order valence-electron chi connectivity index (χ3n) is 4.83. The van der Waals surface area contributed by atoms with E-state index in [0.717, 1.165) is 17.8 Å². The number of nitrogens with one attached hydrogen (secondary N) is 1. The van der Waals surface area contributed by atoms with Crippen molar-refractivity contribution in [3.05, 3.63) is 72.0 Å². The van der Waals surface area contributed by atoms with Gasteiger partial charge in [-0.05, 0) is 23.4 Å². The molecule has 4 rings (SSSR count). The van der Waals surface area contributed by atoms with Gasteiger partial charge < -0.3 is 14.4 Å². The van der Waals surface area contributed by atoms with E-state index in [-0.39, 0.29) is 17.3 Å². The maximum absolute atomic E-state index is 14.5. The number of rotatable bonds is 8. The van der Waals surface area contributed by atoms with Gasteiger partial charge in [-0.25, -0.2) is 0 Å². The summed E-state index contributed by atoms with van der Waals surface area (Å²) < 4.78 is 34.5. The van der Waals surface area contributed by atoms with Crippen LogP contribution in [0.4, 0.5) is 13.6 Å². The zero-order valence-electron chi connectivity index (χ0n) is 16.6. The van der Waals surface area contributed by atoms with E-state index in [1.165, 1.54) is 35.2 Å². The van der Waals surface area contributed by atoms with Gasteiger partial charge in [0.25, 0.3) is 5.24 Å². The number of furan rings is 1. The molecular formula is C21H19F2N5O3S. The number of hydrogen-bond donors (Lipinski definition) is 2. The van der Waals surface area contributed by atoms with E-state index >= 15 is 0 Å². The number of benzene rings is 1. The van der Waals surface area contributed by atoms with Crippen molar-refractivity contribution < 1.29 is 23.1 Å². The second-order valence-corrected chi connectivity index (χ2v) is 7.93. The summed E-state index contributed by atoms with van der Waals surface area (Å²) in [6.45, 7) is 0.254. The van der Waals surface area contributed by atoms with Crippen molar-refractivity contribution in [3.63, 3.8) is 0 Å². The van der Waals surface area contributed by atoms with Crippen molar-refractivity contribution in [3.8, 4) is 11.6 Å². The summed E-state index contributed by atoms with van der Waals surface area (Å²) in [6.07, 6.45) is 3.93. The normalized spacial score (nSPS) is 18.3. The number of amides is 1. The van der Waals surface area contributed by atoms with E-state index in [4.69, 9.17) is 4.42 Å². The smallest absolute Gasteiger partial charge is 0.302 e. The van der Waals surface area contributed by atoms with Crippen molar-refractivity contribution in [2.45, 2.75) is 18.1 Å². The van der Waals surface area contributed by atoms with Crippen LogP contribution in [-0.4, -0.2) is 60.3 Å². The van der Waals surface area contributed by atoms with Crippen LogP contribution < -0.4 is 0 Å². The maximum atomic E-state index is 14.5. The number of halogens is 2. The number of nitrogens with zero attached hydrogens (tertiary/aromatic N) is 4. The fraction of sp³-hybridized carbons (Fsp3) is 0.238. The first-order valence-corrected chi connectivity index (χ1v) is 10.7. The molecule has 0 spiro atoms. The Balaban J connectivity index is 1.38. The molecule has 2 N–H and O–H groups in total. The SMILES string of the molecule is O=C1SCC(/C=C/C(O)C(F)(F)c2ccccc2)N1C/C=C\c1ccc(-c2nn[nH]n2)o1. The van der Waals surface area contributed by atoms with Crippen LogP contribution in [0.1, 0.15) is 11.3 Å². The molecule has 1 amide bonds. The molecule has 3 heterocycles. The summed E-state index contributed by atoms with van der Waals surface area (Å²) in [7, 11) is 0. The van der Waals surface area contributed by atoms with Crippen LogP contribution in [0.25, 0.3) is 17.7 Å². The van der Waals surface area contributed by atoms with Gasteiger partial charge in [-0.1, -0.05) is 60.3 Å². The Morgan fingerprint density at radius 2 is 2.12 bits per heavy atom. The van der Waals surface area contributed by atoms with Gasteiger partial charge in [0.2, 0.25) is 5.82 Å². The molecular weight excluding hydrogens is 440 g/mol. The van der Waals surface area contributed by atoms with Crippen LogP contribution in [0.5, 0.6) is 0 Å². The number of H-pyrrole nitrogens is 1. The Kier molecular flexibility index (Phi) is 6.47. The van der Waals surface area contributed by atoms with E-state index < -0.39 is 18.1 Å². The van der Waals surface area contributed by atoms with Crippen molar-refractivity contribution >= 4 is 23.1 Å². The molecule has 1 saturated heterocycles. The van der Waals surface area contributed by atoms with Crippen molar-refractivity contribution in [1.29, 1.82) is 0 Å². The minimum atomic E-state index is -3.44. The van der Waals surface area contributed by atoms with E-state index in [1.807, 2.05) is 0 Å². The number of thioether (sulfide) groups is 1. The van der Waals surface area contributed by atoms with Crippen molar-refractivity contribution in [1.82, 2.24) is 25.5 Å². The molecule has 2 unspecified atom stereocenters. The van der Waals surface area contributed by atoms with Crippen LogP contribution in [0, 0.1) is 0 Å². The van der Waals surface area contributed by atoms with Gasteiger partial charge in [0, 0.05) is 17.9 Å². The summed E-state index contributed by atoms with van der Waals surface area (Å²) in [6, 6.07) is 10.1. The largest absolute Gasteiger partial charge is 0.453 e. The molecule has 3 aromatic rings. The average molecular weight is 459 g/mol.